The molecule has 3 nitrogen and oxygen atoms in total. The summed E-state index contributed by atoms with van der Waals surface area (Å²) in [5.41, 5.74) is 2.93. The molecule has 0 saturated carbocycles. The van der Waals surface area contributed by atoms with Crippen LogP contribution in [-0.4, -0.2) is 23.7 Å². The summed E-state index contributed by atoms with van der Waals surface area (Å²) in [4.78, 5) is 5.91. The van der Waals surface area contributed by atoms with E-state index >= 15 is 0 Å². The number of nitrogens with zero attached hydrogens (tertiary/aromatic N) is 1. The topological polar surface area (TPSA) is 41.8 Å². The molecule has 1 aromatic rings. The number of aryl methyl sites for hydroxylation is 1. The summed E-state index contributed by atoms with van der Waals surface area (Å²) in [6.45, 7) is 1.89. The summed E-state index contributed by atoms with van der Waals surface area (Å²) in [5, 5.41) is 13.6. The zero-order chi connectivity index (χ0) is 10.8. The number of hydrogen-bond acceptors (Lipinski definition) is 4. The Balaban J connectivity index is 2.52. The van der Waals surface area contributed by atoms with Gasteiger partial charge in [0.15, 0.2) is 0 Å². The van der Waals surface area contributed by atoms with E-state index in [1.54, 1.807) is 24.9 Å². The summed E-state index contributed by atoms with van der Waals surface area (Å²) in [6, 6.07) is 3.77. The average Bonchev–Trinajstić information content (AvgIpc) is 2.21. The Kier molecular flexibility index (Phi) is 2.86. The first-order chi connectivity index (χ1) is 7.22. The first-order valence-corrected chi connectivity index (χ1v) is 5.77. The predicted molar refractivity (Wildman–Crippen MR) is 61.7 cm³/mol. The number of phenols is 1. The van der Waals surface area contributed by atoms with Gasteiger partial charge < -0.3 is 9.94 Å². The van der Waals surface area contributed by atoms with Crippen LogP contribution in [0.2, 0.25) is 0 Å². The van der Waals surface area contributed by atoms with Crippen molar-refractivity contribution in [2.75, 3.05) is 12.9 Å². The quantitative estimate of drug-likeness (QED) is 0.744. The summed E-state index contributed by atoms with van der Waals surface area (Å²) in [6.07, 6.45) is 0.912. The first kappa shape index (κ1) is 10.4. The fraction of sp³-hybridized carbons (Fsp3) is 0.364. The van der Waals surface area contributed by atoms with E-state index in [2.05, 4.69) is 5.16 Å². The molecule has 0 aliphatic carbocycles. The number of rotatable bonds is 1. The summed E-state index contributed by atoms with van der Waals surface area (Å²) in [7, 11) is 1.56. The second-order valence-corrected chi connectivity index (χ2v) is 4.59. The van der Waals surface area contributed by atoms with Gasteiger partial charge in [-0.2, -0.15) is 0 Å². The van der Waals surface area contributed by atoms with Gasteiger partial charge >= 0.3 is 0 Å². The van der Waals surface area contributed by atoms with Gasteiger partial charge in [-0.3, -0.25) is 0 Å². The number of hydrogen-bond donors (Lipinski definition) is 1. The van der Waals surface area contributed by atoms with Gasteiger partial charge in [-0.25, -0.2) is 0 Å². The molecule has 0 radical (unpaired) electrons. The second-order valence-electron chi connectivity index (χ2n) is 3.45. The molecule has 0 atom stereocenters. The van der Waals surface area contributed by atoms with Crippen LogP contribution in [-0.2, 0) is 4.84 Å². The Bertz CT molecular complexity index is 415. The van der Waals surface area contributed by atoms with E-state index in [1.807, 2.05) is 13.0 Å². The van der Waals surface area contributed by atoms with Gasteiger partial charge in [0.2, 0.25) is 0 Å². The number of benzene rings is 1. The van der Waals surface area contributed by atoms with E-state index in [-0.39, 0.29) is 0 Å². The van der Waals surface area contributed by atoms with E-state index in [9.17, 15) is 5.11 Å². The molecular weight excluding hydrogens is 210 g/mol. The molecule has 80 valence electrons. The molecule has 0 amide bonds. The van der Waals surface area contributed by atoms with E-state index in [0.717, 1.165) is 33.9 Å². The van der Waals surface area contributed by atoms with Crippen molar-refractivity contribution in [3.8, 4) is 5.75 Å². The number of thioether (sulfide) groups is 1. The van der Waals surface area contributed by atoms with Crippen molar-refractivity contribution in [3.05, 3.63) is 23.3 Å². The van der Waals surface area contributed by atoms with Crippen LogP contribution in [0.25, 0.3) is 0 Å². The van der Waals surface area contributed by atoms with Crippen LogP contribution in [0.5, 0.6) is 5.75 Å². The minimum absolute atomic E-state index is 0.347. The number of phenolic OH excluding ortho intramolecular Hbond substituents is 1. The van der Waals surface area contributed by atoms with Gasteiger partial charge in [0.25, 0.3) is 0 Å². The minimum atomic E-state index is 0.347. The average molecular weight is 223 g/mol. The lowest BCUT2D eigenvalue weighted by Crippen LogP contribution is -2.10. The maximum Gasteiger partial charge on any atom is 0.119 e. The maximum atomic E-state index is 9.61. The van der Waals surface area contributed by atoms with E-state index in [1.165, 1.54) is 0 Å². The highest BCUT2D eigenvalue weighted by atomic mass is 32.2. The Morgan fingerprint density at radius 1 is 1.47 bits per heavy atom. The Morgan fingerprint density at radius 2 is 2.27 bits per heavy atom. The highest BCUT2D eigenvalue weighted by molar-refractivity contribution is 7.99. The van der Waals surface area contributed by atoms with Gasteiger partial charge in [-0.1, -0.05) is 5.16 Å². The molecule has 1 heterocycles. The molecular formula is C11H13NO2S. The molecule has 1 aliphatic rings. The lowest BCUT2D eigenvalue weighted by Gasteiger charge is -2.17. The Labute approximate surface area is 93.1 Å². The van der Waals surface area contributed by atoms with Crippen molar-refractivity contribution in [3.63, 3.8) is 0 Å². The number of fused-ring (bicyclic) bond motifs is 1. The van der Waals surface area contributed by atoms with Crippen LogP contribution in [0.4, 0.5) is 0 Å². The largest absolute Gasteiger partial charge is 0.508 e. The molecule has 0 spiro atoms. The Morgan fingerprint density at radius 3 is 3.00 bits per heavy atom. The monoisotopic (exact) mass is 223 g/mol. The molecule has 2 rings (SSSR count). The molecule has 0 bridgehead atoms. The molecule has 0 unspecified atom stereocenters. The third-order valence-corrected chi connectivity index (χ3v) is 3.46. The molecule has 0 fully saturated rings. The fourth-order valence-corrected chi connectivity index (χ4v) is 2.66. The van der Waals surface area contributed by atoms with Gasteiger partial charge in [-0.15, -0.1) is 11.8 Å². The molecule has 15 heavy (non-hydrogen) atoms. The lowest BCUT2D eigenvalue weighted by molar-refractivity contribution is 0.213. The zero-order valence-electron chi connectivity index (χ0n) is 8.78. The number of aromatic hydroxyl groups is 1. The predicted octanol–water partition coefficient (Wildman–Crippen LogP) is 2.55. The molecule has 4 heteroatoms. The fourth-order valence-electron chi connectivity index (χ4n) is 1.62. The molecule has 1 aromatic carbocycles. The van der Waals surface area contributed by atoms with Crippen LogP contribution in [0.3, 0.4) is 0 Å². The van der Waals surface area contributed by atoms with Crippen molar-refractivity contribution in [1.29, 1.82) is 0 Å². The van der Waals surface area contributed by atoms with Crippen LogP contribution in [0.1, 0.15) is 17.5 Å². The highest BCUT2D eigenvalue weighted by Crippen LogP contribution is 2.34. The summed E-state index contributed by atoms with van der Waals surface area (Å²) >= 11 is 1.74. The first-order valence-electron chi connectivity index (χ1n) is 4.79. The lowest BCUT2D eigenvalue weighted by atomic mass is 10.0. The van der Waals surface area contributed by atoms with Crippen LogP contribution in [0, 0.1) is 6.92 Å². The van der Waals surface area contributed by atoms with Gasteiger partial charge in [-0.05, 0) is 24.6 Å². The van der Waals surface area contributed by atoms with Crippen LogP contribution in [0.15, 0.2) is 22.2 Å². The molecule has 0 aromatic heterocycles. The van der Waals surface area contributed by atoms with Crippen molar-refractivity contribution >= 4 is 17.5 Å². The number of oxime groups is 1. The molecule has 1 aliphatic heterocycles. The third-order valence-electron chi connectivity index (χ3n) is 2.41. The van der Waals surface area contributed by atoms with Crippen molar-refractivity contribution in [2.24, 2.45) is 5.16 Å². The highest BCUT2D eigenvalue weighted by Gasteiger charge is 2.18. The second kappa shape index (κ2) is 4.14. The molecule has 0 saturated heterocycles. The van der Waals surface area contributed by atoms with E-state index < -0.39 is 0 Å². The SMILES string of the molecule is CON=C1CCSc2cc(O)c(C)cc21. The zero-order valence-corrected chi connectivity index (χ0v) is 9.60. The van der Waals surface area contributed by atoms with Gasteiger partial charge in [0.05, 0.1) is 5.71 Å². The van der Waals surface area contributed by atoms with Gasteiger partial charge in [0, 0.05) is 22.6 Å². The smallest absolute Gasteiger partial charge is 0.119 e. The summed E-state index contributed by atoms with van der Waals surface area (Å²) < 4.78 is 0. The summed E-state index contributed by atoms with van der Waals surface area (Å²) in [5.74, 6) is 1.33. The normalized spacial score (nSPS) is 17.6. The van der Waals surface area contributed by atoms with Gasteiger partial charge in [0.1, 0.15) is 12.9 Å². The Hall–Kier alpha value is -1.16. The van der Waals surface area contributed by atoms with E-state index in [4.69, 9.17) is 4.84 Å². The van der Waals surface area contributed by atoms with Crippen LogP contribution < -0.4 is 0 Å². The van der Waals surface area contributed by atoms with Crippen molar-refractivity contribution < 1.29 is 9.94 Å². The molecule has 1 N–H and O–H groups in total. The maximum absolute atomic E-state index is 9.61. The van der Waals surface area contributed by atoms with E-state index in [0.29, 0.717) is 5.75 Å². The van der Waals surface area contributed by atoms with Crippen molar-refractivity contribution in [1.82, 2.24) is 0 Å². The minimum Gasteiger partial charge on any atom is -0.508 e. The van der Waals surface area contributed by atoms with Crippen molar-refractivity contribution in [2.45, 2.75) is 18.2 Å². The standard InChI is InChI=1S/C11H13NO2S/c1-7-5-8-9(12-14-2)3-4-15-11(8)6-10(7)13/h5-6,13H,3-4H2,1-2H3. The van der Waals surface area contributed by atoms with Crippen LogP contribution >= 0.6 is 11.8 Å². The third kappa shape index (κ3) is 1.95.